The van der Waals surface area contributed by atoms with Crippen LogP contribution in [0.15, 0.2) is 12.5 Å². The minimum atomic E-state index is -0.813. The van der Waals surface area contributed by atoms with E-state index in [1.165, 1.54) is 13.3 Å². The number of amides is 2. The summed E-state index contributed by atoms with van der Waals surface area (Å²) in [6.07, 6.45) is 3.36. The highest BCUT2D eigenvalue weighted by Crippen LogP contribution is 2.02. The molecule has 3 N–H and O–H groups in total. The molecule has 0 saturated heterocycles. The molecule has 0 aliphatic rings. The van der Waals surface area contributed by atoms with Crippen LogP contribution in [0.2, 0.25) is 0 Å². The quantitative estimate of drug-likeness (QED) is 0.600. The number of imidazole rings is 1. The molecule has 1 rings (SSSR count). The Balaban J connectivity index is 2.42. The van der Waals surface area contributed by atoms with Gasteiger partial charge in [-0.05, 0) is 11.6 Å². The maximum absolute atomic E-state index is 11.6. The number of nitrogens with one attached hydrogen (secondary N) is 3. The second-order valence-corrected chi connectivity index (χ2v) is 4.31. The van der Waals surface area contributed by atoms with Crippen molar-refractivity contribution in [1.29, 1.82) is 0 Å². The first-order chi connectivity index (χ1) is 8.99. The molecule has 0 aliphatic heterocycles. The second kappa shape index (κ2) is 7.52. The van der Waals surface area contributed by atoms with Gasteiger partial charge in [-0.1, -0.05) is 0 Å². The van der Waals surface area contributed by atoms with E-state index < -0.39 is 11.3 Å². The maximum atomic E-state index is 11.6. The minimum Gasteiger partial charge on any atom is -0.356 e. The largest absolute Gasteiger partial charge is 0.356 e. The Hall–Kier alpha value is -1.89. The monoisotopic (exact) mass is 286 g/mol. The normalized spacial score (nSPS) is 11.7. The Bertz CT molecular complexity index is 447. The van der Waals surface area contributed by atoms with Gasteiger partial charge in [-0.3, -0.25) is 14.4 Å². The third-order valence-electron chi connectivity index (χ3n) is 2.31. The summed E-state index contributed by atoms with van der Waals surface area (Å²) in [7, 11) is 0. The molecular formula is C11H15ClN4O3. The fraction of sp³-hybridized carbons (Fsp3) is 0.455. The number of H-pyrrole nitrogens is 1. The predicted octanol–water partition coefficient (Wildman–Crippen LogP) is -0.271. The third kappa shape index (κ3) is 6.01. The van der Waals surface area contributed by atoms with Crippen LogP contribution in [-0.2, 0) is 20.8 Å². The number of nitrogens with zero attached hydrogens (tertiary/aromatic N) is 1. The molecule has 2 amide bonds. The molecule has 0 radical (unpaired) electrons. The van der Waals surface area contributed by atoms with Gasteiger partial charge in [0.1, 0.15) is 6.04 Å². The van der Waals surface area contributed by atoms with E-state index in [1.54, 1.807) is 6.20 Å². The molecule has 1 aromatic rings. The van der Waals surface area contributed by atoms with E-state index in [4.69, 9.17) is 11.6 Å². The first-order valence-corrected chi connectivity index (χ1v) is 6.07. The smallest absolute Gasteiger partial charge is 0.244 e. The fourth-order valence-corrected chi connectivity index (χ4v) is 1.55. The van der Waals surface area contributed by atoms with E-state index in [-0.39, 0.29) is 31.2 Å². The van der Waals surface area contributed by atoms with Crippen LogP contribution < -0.4 is 10.6 Å². The van der Waals surface area contributed by atoms with Gasteiger partial charge in [0.15, 0.2) is 0 Å². The Morgan fingerprint density at radius 2 is 2.21 bits per heavy atom. The molecule has 19 heavy (non-hydrogen) atoms. The third-order valence-corrected chi connectivity index (χ3v) is 2.58. The lowest BCUT2D eigenvalue weighted by Crippen LogP contribution is -2.41. The van der Waals surface area contributed by atoms with Crippen molar-refractivity contribution in [2.24, 2.45) is 0 Å². The molecule has 0 unspecified atom stereocenters. The summed E-state index contributed by atoms with van der Waals surface area (Å²) < 4.78 is 0. The van der Waals surface area contributed by atoms with Crippen molar-refractivity contribution in [3.63, 3.8) is 0 Å². The van der Waals surface area contributed by atoms with E-state index in [9.17, 15) is 14.4 Å². The zero-order valence-corrected chi connectivity index (χ0v) is 11.2. The van der Waals surface area contributed by atoms with E-state index in [2.05, 4.69) is 20.6 Å². The Morgan fingerprint density at radius 1 is 1.47 bits per heavy atom. The summed E-state index contributed by atoms with van der Waals surface area (Å²) in [6.45, 7) is 1.58. The first-order valence-electron chi connectivity index (χ1n) is 5.69. The van der Waals surface area contributed by atoms with Crippen LogP contribution in [0.25, 0.3) is 0 Å². The van der Waals surface area contributed by atoms with E-state index in [0.717, 1.165) is 0 Å². The summed E-state index contributed by atoms with van der Waals surface area (Å²) in [5.74, 6) is -0.567. The highest BCUT2D eigenvalue weighted by Gasteiger charge is 2.19. The number of hydrogen-bond acceptors (Lipinski definition) is 4. The Labute approximate surface area is 115 Å². The Kier molecular flexibility index (Phi) is 6.01. The summed E-state index contributed by atoms with van der Waals surface area (Å²) in [5, 5.41) is 4.35. The van der Waals surface area contributed by atoms with Crippen LogP contribution in [-0.4, -0.2) is 39.6 Å². The zero-order chi connectivity index (χ0) is 14.3. The van der Waals surface area contributed by atoms with E-state index in [1.807, 2.05) is 0 Å². The fourth-order valence-electron chi connectivity index (χ4n) is 1.42. The SMILES string of the molecule is CC(=O)NCCC(=O)N[C@@H](Cc1cnc[nH]1)C(=O)Cl. The molecule has 1 heterocycles. The van der Waals surface area contributed by atoms with Crippen molar-refractivity contribution in [2.75, 3.05) is 6.54 Å². The molecule has 1 atom stereocenters. The van der Waals surface area contributed by atoms with Crippen LogP contribution in [0.5, 0.6) is 0 Å². The number of rotatable bonds is 7. The summed E-state index contributed by atoms with van der Waals surface area (Å²) in [5.41, 5.74) is 0.696. The molecule has 0 aliphatic carbocycles. The number of aromatic amines is 1. The van der Waals surface area contributed by atoms with Crippen molar-refractivity contribution in [1.82, 2.24) is 20.6 Å². The highest BCUT2D eigenvalue weighted by atomic mass is 35.5. The van der Waals surface area contributed by atoms with Crippen molar-refractivity contribution >= 4 is 28.7 Å². The lowest BCUT2D eigenvalue weighted by atomic mass is 10.2. The number of halogens is 1. The molecule has 8 heteroatoms. The van der Waals surface area contributed by atoms with Gasteiger partial charge in [0.2, 0.25) is 17.1 Å². The second-order valence-electron chi connectivity index (χ2n) is 3.94. The first kappa shape index (κ1) is 15.2. The van der Waals surface area contributed by atoms with Gasteiger partial charge in [-0.2, -0.15) is 0 Å². The molecule has 0 bridgehead atoms. The maximum Gasteiger partial charge on any atom is 0.244 e. The van der Waals surface area contributed by atoms with Gasteiger partial charge in [0.05, 0.1) is 6.33 Å². The summed E-state index contributed by atoms with van der Waals surface area (Å²) in [6, 6.07) is -0.813. The molecular weight excluding hydrogens is 272 g/mol. The van der Waals surface area contributed by atoms with Crippen molar-refractivity contribution in [3.05, 3.63) is 18.2 Å². The molecule has 0 spiro atoms. The van der Waals surface area contributed by atoms with Gasteiger partial charge in [0.25, 0.3) is 0 Å². The molecule has 1 aromatic heterocycles. The van der Waals surface area contributed by atoms with Gasteiger partial charge >= 0.3 is 0 Å². The van der Waals surface area contributed by atoms with E-state index in [0.29, 0.717) is 5.69 Å². The van der Waals surface area contributed by atoms with Crippen LogP contribution in [0.3, 0.4) is 0 Å². The number of aromatic nitrogens is 2. The average molecular weight is 287 g/mol. The summed E-state index contributed by atoms with van der Waals surface area (Å²) in [4.78, 5) is 40.1. The minimum absolute atomic E-state index is 0.0865. The zero-order valence-electron chi connectivity index (χ0n) is 10.4. The van der Waals surface area contributed by atoms with Crippen LogP contribution in [0, 0.1) is 0 Å². The molecule has 0 fully saturated rings. The van der Waals surface area contributed by atoms with Crippen LogP contribution in [0.1, 0.15) is 19.0 Å². The standard InChI is InChI=1S/C11H15ClN4O3/c1-7(17)14-3-2-10(18)16-9(11(12)19)4-8-5-13-6-15-8/h5-6,9H,2-4H2,1H3,(H,13,15)(H,14,17)(H,16,18)/t9-/m0/s1. The lowest BCUT2D eigenvalue weighted by Gasteiger charge is -2.13. The van der Waals surface area contributed by atoms with Crippen LogP contribution in [0.4, 0.5) is 0 Å². The number of carbonyl (C=O) groups is 3. The molecule has 0 saturated carbocycles. The van der Waals surface area contributed by atoms with Gasteiger partial charge in [-0.15, -0.1) is 0 Å². The molecule has 7 nitrogen and oxygen atoms in total. The van der Waals surface area contributed by atoms with Gasteiger partial charge in [0, 0.05) is 38.2 Å². The molecule has 104 valence electrons. The molecule has 0 aromatic carbocycles. The predicted molar refractivity (Wildman–Crippen MR) is 68.4 cm³/mol. The topological polar surface area (TPSA) is 104 Å². The van der Waals surface area contributed by atoms with Gasteiger partial charge < -0.3 is 15.6 Å². The Morgan fingerprint density at radius 3 is 2.74 bits per heavy atom. The van der Waals surface area contributed by atoms with Crippen molar-refractivity contribution in [2.45, 2.75) is 25.8 Å². The van der Waals surface area contributed by atoms with Crippen LogP contribution >= 0.6 is 11.6 Å². The highest BCUT2D eigenvalue weighted by molar-refractivity contribution is 6.64. The lowest BCUT2D eigenvalue weighted by molar-refractivity contribution is -0.125. The summed E-state index contributed by atoms with van der Waals surface area (Å²) >= 11 is 5.43. The van der Waals surface area contributed by atoms with Gasteiger partial charge in [-0.25, -0.2) is 4.98 Å². The van der Waals surface area contributed by atoms with E-state index >= 15 is 0 Å². The van der Waals surface area contributed by atoms with Crippen molar-refractivity contribution < 1.29 is 14.4 Å². The van der Waals surface area contributed by atoms with Crippen molar-refractivity contribution in [3.8, 4) is 0 Å². The average Bonchev–Trinajstić information content (AvgIpc) is 2.80. The number of carbonyl (C=O) groups excluding carboxylic acids is 3. The number of hydrogen-bond donors (Lipinski definition) is 3.